The summed E-state index contributed by atoms with van der Waals surface area (Å²) < 4.78 is 33.1. The minimum Gasteiger partial charge on any atom is -0.374 e. The Bertz CT molecular complexity index is 464. The fourth-order valence-corrected chi connectivity index (χ4v) is 2.60. The van der Waals surface area contributed by atoms with Crippen LogP contribution in [0.1, 0.15) is 0 Å². The van der Waals surface area contributed by atoms with E-state index in [0.29, 0.717) is 13.2 Å². The molecule has 1 aromatic heterocycles. The maximum Gasteiger partial charge on any atom is 0.259 e. The molecule has 1 unspecified atom stereocenters. The van der Waals surface area contributed by atoms with Crippen LogP contribution in [0.5, 0.6) is 0 Å². The summed E-state index contributed by atoms with van der Waals surface area (Å²) in [6.45, 7) is 2.33. The van der Waals surface area contributed by atoms with Crippen LogP contribution in [-0.4, -0.2) is 50.3 Å². The smallest absolute Gasteiger partial charge is 0.259 e. The lowest BCUT2D eigenvalue weighted by Gasteiger charge is -2.23. The van der Waals surface area contributed by atoms with Gasteiger partial charge in [-0.3, -0.25) is 0 Å². The van der Waals surface area contributed by atoms with Crippen LogP contribution in [0.3, 0.4) is 0 Å². The van der Waals surface area contributed by atoms with Crippen molar-refractivity contribution in [3.63, 3.8) is 0 Å². The van der Waals surface area contributed by atoms with E-state index in [-0.39, 0.29) is 17.7 Å². The molecule has 1 aliphatic heterocycles. The summed E-state index contributed by atoms with van der Waals surface area (Å²) >= 11 is 0. The van der Waals surface area contributed by atoms with Gasteiger partial charge in [0, 0.05) is 32.9 Å². The van der Waals surface area contributed by atoms with Crippen molar-refractivity contribution in [3.8, 4) is 0 Å². The van der Waals surface area contributed by atoms with Gasteiger partial charge in [-0.25, -0.2) is 18.1 Å². The molecule has 1 aromatic rings. The molecule has 0 aliphatic carbocycles. The first-order valence-corrected chi connectivity index (χ1v) is 6.86. The molecule has 1 atom stereocenters. The number of hydrogen-bond acceptors (Lipinski definition) is 5. The topological polar surface area (TPSA) is 85.2 Å². The van der Waals surface area contributed by atoms with Crippen molar-refractivity contribution < 1.29 is 13.2 Å². The van der Waals surface area contributed by atoms with Crippen LogP contribution in [0.25, 0.3) is 0 Å². The summed E-state index contributed by atoms with van der Waals surface area (Å²) in [5, 5.41) is 3.17. The zero-order valence-corrected chi connectivity index (χ0v) is 10.4. The van der Waals surface area contributed by atoms with Gasteiger partial charge in [-0.1, -0.05) is 0 Å². The van der Waals surface area contributed by atoms with Crippen LogP contribution in [0.4, 0.5) is 0 Å². The summed E-state index contributed by atoms with van der Waals surface area (Å²) in [5.41, 5.74) is 0. The molecule has 1 saturated heterocycles. The van der Waals surface area contributed by atoms with E-state index in [1.165, 1.54) is 12.5 Å². The van der Waals surface area contributed by atoms with Crippen molar-refractivity contribution in [2.75, 3.05) is 26.2 Å². The Labute approximate surface area is 100 Å². The Hall–Kier alpha value is -0.960. The third-order valence-electron chi connectivity index (χ3n) is 2.46. The Morgan fingerprint density at radius 1 is 1.71 bits per heavy atom. The number of imidazole rings is 1. The van der Waals surface area contributed by atoms with Crippen molar-refractivity contribution in [1.29, 1.82) is 0 Å². The third kappa shape index (κ3) is 3.25. The highest BCUT2D eigenvalue weighted by Crippen LogP contribution is 2.04. The second kappa shape index (κ2) is 5.13. The van der Waals surface area contributed by atoms with Crippen molar-refractivity contribution in [2.45, 2.75) is 11.1 Å². The molecule has 0 bridgehead atoms. The molecule has 0 aromatic carbocycles. The quantitative estimate of drug-likeness (QED) is 0.702. The number of ether oxygens (including phenoxy) is 1. The molecule has 2 N–H and O–H groups in total. The minimum atomic E-state index is -3.53. The summed E-state index contributed by atoms with van der Waals surface area (Å²) in [4.78, 5) is 3.81. The number of nitrogens with zero attached hydrogens (tertiary/aromatic N) is 2. The molecule has 8 heteroatoms. The van der Waals surface area contributed by atoms with Crippen molar-refractivity contribution in [1.82, 2.24) is 19.6 Å². The van der Waals surface area contributed by atoms with Crippen molar-refractivity contribution in [2.24, 2.45) is 7.05 Å². The molecule has 0 radical (unpaired) electrons. The normalized spacial score (nSPS) is 21.6. The number of aromatic nitrogens is 2. The molecular formula is C9H16N4O3S. The highest BCUT2D eigenvalue weighted by Gasteiger charge is 2.20. The molecule has 0 spiro atoms. The molecule has 1 aliphatic rings. The van der Waals surface area contributed by atoms with E-state index in [9.17, 15) is 8.42 Å². The highest BCUT2D eigenvalue weighted by molar-refractivity contribution is 7.89. The number of aryl methyl sites for hydroxylation is 1. The van der Waals surface area contributed by atoms with Gasteiger partial charge in [0.1, 0.15) is 0 Å². The number of morpholine rings is 1. The molecule has 2 heterocycles. The van der Waals surface area contributed by atoms with Gasteiger partial charge in [0.2, 0.25) is 0 Å². The van der Waals surface area contributed by atoms with Gasteiger partial charge < -0.3 is 14.6 Å². The molecule has 96 valence electrons. The first-order valence-electron chi connectivity index (χ1n) is 5.38. The predicted molar refractivity (Wildman–Crippen MR) is 61.0 cm³/mol. The van der Waals surface area contributed by atoms with Gasteiger partial charge in [0.15, 0.2) is 5.03 Å². The summed E-state index contributed by atoms with van der Waals surface area (Å²) in [6, 6.07) is 0. The number of rotatable bonds is 4. The first kappa shape index (κ1) is 12.5. The maximum atomic E-state index is 11.8. The highest BCUT2D eigenvalue weighted by atomic mass is 32.2. The third-order valence-corrected chi connectivity index (χ3v) is 3.77. The molecule has 17 heavy (non-hydrogen) atoms. The molecule has 7 nitrogen and oxygen atoms in total. The zero-order chi connectivity index (χ0) is 12.3. The zero-order valence-electron chi connectivity index (χ0n) is 9.59. The van der Waals surface area contributed by atoms with E-state index in [0.717, 1.165) is 6.54 Å². The number of sulfonamides is 1. The van der Waals surface area contributed by atoms with Gasteiger partial charge >= 0.3 is 0 Å². The SMILES string of the molecule is Cn1cnc(S(=O)(=O)NCC2CNCCO2)c1. The second-order valence-corrected chi connectivity index (χ2v) is 5.64. The van der Waals surface area contributed by atoms with Crippen LogP contribution >= 0.6 is 0 Å². The molecule has 0 saturated carbocycles. The maximum absolute atomic E-state index is 11.8. The lowest BCUT2D eigenvalue weighted by molar-refractivity contribution is 0.0324. The van der Waals surface area contributed by atoms with Gasteiger partial charge in [-0.15, -0.1) is 0 Å². The fourth-order valence-electron chi connectivity index (χ4n) is 1.56. The Morgan fingerprint density at radius 2 is 2.53 bits per heavy atom. The molecular weight excluding hydrogens is 244 g/mol. The number of nitrogens with one attached hydrogen (secondary N) is 2. The molecule has 0 amide bonds. The van der Waals surface area contributed by atoms with Crippen LogP contribution < -0.4 is 10.0 Å². The van der Waals surface area contributed by atoms with Crippen molar-refractivity contribution >= 4 is 10.0 Å². The number of hydrogen-bond donors (Lipinski definition) is 2. The Balaban J connectivity index is 1.93. The summed E-state index contributed by atoms with van der Waals surface area (Å²) in [7, 11) is -1.81. The van der Waals surface area contributed by atoms with Crippen LogP contribution in [0.15, 0.2) is 17.6 Å². The van der Waals surface area contributed by atoms with E-state index < -0.39 is 10.0 Å². The van der Waals surface area contributed by atoms with Gasteiger partial charge in [0.25, 0.3) is 10.0 Å². The lowest BCUT2D eigenvalue weighted by Crippen LogP contribution is -2.45. The van der Waals surface area contributed by atoms with E-state index in [1.807, 2.05) is 0 Å². The van der Waals surface area contributed by atoms with E-state index in [4.69, 9.17) is 4.74 Å². The monoisotopic (exact) mass is 260 g/mol. The van der Waals surface area contributed by atoms with Crippen molar-refractivity contribution in [3.05, 3.63) is 12.5 Å². The predicted octanol–water partition coefficient (Wildman–Crippen LogP) is -1.31. The van der Waals surface area contributed by atoms with Gasteiger partial charge in [0.05, 0.1) is 19.0 Å². The largest absolute Gasteiger partial charge is 0.374 e. The lowest BCUT2D eigenvalue weighted by atomic mass is 10.3. The van der Waals surface area contributed by atoms with E-state index in [2.05, 4.69) is 15.0 Å². The average molecular weight is 260 g/mol. The molecule has 2 rings (SSSR count). The first-order chi connectivity index (χ1) is 8.08. The van der Waals surface area contributed by atoms with Crippen LogP contribution in [0, 0.1) is 0 Å². The van der Waals surface area contributed by atoms with E-state index in [1.54, 1.807) is 11.6 Å². The minimum absolute atomic E-state index is 0.0313. The standard InChI is InChI=1S/C9H16N4O3S/c1-13-6-9(11-7-13)17(14,15)12-5-8-4-10-2-3-16-8/h6-8,10,12H,2-5H2,1H3. The average Bonchev–Trinajstić information content (AvgIpc) is 2.76. The van der Waals surface area contributed by atoms with Crippen LogP contribution in [0.2, 0.25) is 0 Å². The van der Waals surface area contributed by atoms with Gasteiger partial charge in [-0.05, 0) is 0 Å². The molecule has 1 fully saturated rings. The second-order valence-electron chi connectivity index (χ2n) is 3.93. The summed E-state index contributed by atoms with van der Waals surface area (Å²) in [5.74, 6) is 0. The van der Waals surface area contributed by atoms with Gasteiger partial charge in [-0.2, -0.15) is 0 Å². The summed E-state index contributed by atoms with van der Waals surface area (Å²) in [6.07, 6.45) is 2.79. The fraction of sp³-hybridized carbons (Fsp3) is 0.667. The Kier molecular flexibility index (Phi) is 3.77. The Morgan fingerprint density at radius 3 is 3.12 bits per heavy atom. The van der Waals surface area contributed by atoms with E-state index >= 15 is 0 Å². The van der Waals surface area contributed by atoms with Crippen LogP contribution in [-0.2, 0) is 21.8 Å².